The molecule has 0 spiro atoms. The molecular weight excluding hydrogens is 366 g/mol. The molecular formula is C23H25N3O3. The highest BCUT2D eigenvalue weighted by Gasteiger charge is 2.33. The maximum absolute atomic E-state index is 12.9. The second-order valence-corrected chi connectivity index (χ2v) is 7.89. The topological polar surface area (TPSA) is 61.9 Å². The Bertz CT molecular complexity index is 929. The van der Waals surface area contributed by atoms with Crippen molar-refractivity contribution in [2.24, 2.45) is 0 Å². The molecule has 2 aromatic carbocycles. The number of benzene rings is 2. The van der Waals surface area contributed by atoms with Crippen LogP contribution in [0.3, 0.4) is 0 Å². The fourth-order valence-corrected chi connectivity index (χ4v) is 4.24. The molecule has 6 heteroatoms. The summed E-state index contributed by atoms with van der Waals surface area (Å²) in [4.78, 5) is 28.8. The molecule has 150 valence electrons. The number of carbonyl (C=O) groups excluding carboxylic acids is 2. The quantitative estimate of drug-likeness (QED) is 0.873. The zero-order valence-electron chi connectivity index (χ0n) is 16.4. The zero-order valence-corrected chi connectivity index (χ0v) is 16.4. The van der Waals surface area contributed by atoms with Gasteiger partial charge in [-0.05, 0) is 47.4 Å². The summed E-state index contributed by atoms with van der Waals surface area (Å²) in [6.45, 7) is 3.96. The Morgan fingerprint density at radius 2 is 1.62 bits per heavy atom. The normalized spacial score (nSPS) is 20.6. The smallest absolute Gasteiger partial charge is 0.253 e. The van der Waals surface area contributed by atoms with Crippen LogP contribution in [-0.2, 0) is 16.0 Å². The first-order chi connectivity index (χ1) is 14.2. The summed E-state index contributed by atoms with van der Waals surface area (Å²) in [6, 6.07) is 14.3. The van der Waals surface area contributed by atoms with Gasteiger partial charge in [0.2, 0.25) is 0 Å². The minimum absolute atomic E-state index is 0.0293. The number of fused-ring (bicyclic) bond motifs is 1. The van der Waals surface area contributed by atoms with Gasteiger partial charge in [0.15, 0.2) is 0 Å². The molecule has 3 aliphatic heterocycles. The maximum atomic E-state index is 12.9. The Balaban J connectivity index is 1.22. The van der Waals surface area contributed by atoms with Crippen LogP contribution in [0.5, 0.6) is 0 Å². The van der Waals surface area contributed by atoms with Crippen LogP contribution in [0.15, 0.2) is 42.5 Å². The van der Waals surface area contributed by atoms with Gasteiger partial charge >= 0.3 is 0 Å². The lowest BCUT2D eigenvalue weighted by atomic mass is 10.0. The molecule has 3 aliphatic rings. The van der Waals surface area contributed by atoms with Crippen molar-refractivity contribution in [1.29, 1.82) is 0 Å². The molecule has 0 aliphatic carbocycles. The van der Waals surface area contributed by atoms with E-state index in [-0.39, 0.29) is 17.9 Å². The van der Waals surface area contributed by atoms with Crippen LogP contribution in [-0.4, -0.2) is 67.0 Å². The van der Waals surface area contributed by atoms with E-state index in [1.54, 1.807) is 0 Å². The van der Waals surface area contributed by atoms with E-state index in [0.717, 1.165) is 24.9 Å². The van der Waals surface area contributed by atoms with Crippen LogP contribution in [0.25, 0.3) is 11.1 Å². The lowest BCUT2D eigenvalue weighted by Gasteiger charge is -2.38. The van der Waals surface area contributed by atoms with Crippen molar-refractivity contribution < 1.29 is 14.3 Å². The molecule has 0 bridgehead atoms. The standard InChI is InChI=1S/C23H25N3O3/c27-22(25-10-12-26(13-11-25)23(28)21-8-14-29-21)17-3-1-16(2-4-17)18-5-6-20-19(15-18)7-9-24-20/h1-6,15,21,24H,7-14H2. The van der Waals surface area contributed by atoms with Crippen LogP contribution in [0.2, 0.25) is 0 Å². The maximum Gasteiger partial charge on any atom is 0.253 e. The number of rotatable bonds is 3. The van der Waals surface area contributed by atoms with Gasteiger partial charge in [0.25, 0.3) is 11.8 Å². The predicted octanol–water partition coefficient (Wildman–Crippen LogP) is 2.39. The number of nitrogens with one attached hydrogen (secondary N) is 1. The zero-order chi connectivity index (χ0) is 19.8. The second-order valence-electron chi connectivity index (χ2n) is 7.89. The molecule has 0 saturated carbocycles. The number of hydrogen-bond acceptors (Lipinski definition) is 4. The third kappa shape index (κ3) is 3.49. The Morgan fingerprint density at radius 3 is 2.31 bits per heavy atom. The van der Waals surface area contributed by atoms with Crippen LogP contribution in [0.1, 0.15) is 22.3 Å². The number of anilines is 1. The summed E-state index contributed by atoms with van der Waals surface area (Å²) < 4.78 is 5.29. The lowest BCUT2D eigenvalue weighted by Crippen LogP contribution is -2.54. The minimum Gasteiger partial charge on any atom is -0.384 e. The Hall–Kier alpha value is -2.86. The molecule has 2 amide bonds. The SMILES string of the molecule is O=C(c1ccc(-c2ccc3c(c2)CCN3)cc1)N1CCN(C(=O)C2CCO2)CC1. The summed E-state index contributed by atoms with van der Waals surface area (Å²) in [5, 5.41) is 3.38. The van der Waals surface area contributed by atoms with Gasteiger partial charge < -0.3 is 19.9 Å². The molecule has 2 saturated heterocycles. The average molecular weight is 391 g/mol. The van der Waals surface area contributed by atoms with E-state index in [0.29, 0.717) is 38.3 Å². The van der Waals surface area contributed by atoms with E-state index in [4.69, 9.17) is 4.74 Å². The van der Waals surface area contributed by atoms with Crippen molar-refractivity contribution in [2.75, 3.05) is 44.6 Å². The number of amides is 2. The molecule has 2 fully saturated rings. The molecule has 2 aromatic rings. The van der Waals surface area contributed by atoms with E-state index in [1.807, 2.05) is 34.1 Å². The second kappa shape index (κ2) is 7.52. The van der Waals surface area contributed by atoms with Gasteiger partial charge in [0.05, 0.1) is 6.61 Å². The molecule has 5 rings (SSSR count). The van der Waals surface area contributed by atoms with Crippen LogP contribution < -0.4 is 5.32 Å². The third-order valence-electron chi connectivity index (χ3n) is 6.13. The van der Waals surface area contributed by atoms with E-state index >= 15 is 0 Å². The molecule has 6 nitrogen and oxygen atoms in total. The Kier molecular flexibility index (Phi) is 4.72. The summed E-state index contributed by atoms with van der Waals surface area (Å²) in [7, 11) is 0. The average Bonchev–Trinajstić information content (AvgIpc) is 3.20. The van der Waals surface area contributed by atoms with E-state index in [1.165, 1.54) is 16.8 Å². The highest BCUT2D eigenvalue weighted by atomic mass is 16.5. The third-order valence-corrected chi connectivity index (χ3v) is 6.13. The van der Waals surface area contributed by atoms with Crippen molar-refractivity contribution in [3.8, 4) is 11.1 Å². The molecule has 0 radical (unpaired) electrons. The summed E-state index contributed by atoms with van der Waals surface area (Å²) in [5.41, 5.74) is 5.56. The summed E-state index contributed by atoms with van der Waals surface area (Å²) >= 11 is 0. The first-order valence-corrected chi connectivity index (χ1v) is 10.4. The van der Waals surface area contributed by atoms with Crippen LogP contribution in [0.4, 0.5) is 5.69 Å². The van der Waals surface area contributed by atoms with Crippen LogP contribution in [0, 0.1) is 0 Å². The van der Waals surface area contributed by atoms with Gasteiger partial charge in [-0.2, -0.15) is 0 Å². The van der Waals surface area contributed by atoms with Gasteiger partial charge in [0, 0.05) is 50.4 Å². The largest absolute Gasteiger partial charge is 0.384 e. The van der Waals surface area contributed by atoms with Crippen molar-refractivity contribution >= 4 is 17.5 Å². The van der Waals surface area contributed by atoms with Gasteiger partial charge in [-0.25, -0.2) is 0 Å². The molecule has 1 atom stereocenters. The van der Waals surface area contributed by atoms with Crippen LogP contribution >= 0.6 is 0 Å². The van der Waals surface area contributed by atoms with Gasteiger partial charge in [-0.15, -0.1) is 0 Å². The Morgan fingerprint density at radius 1 is 0.931 bits per heavy atom. The fraction of sp³-hybridized carbons (Fsp3) is 0.391. The predicted molar refractivity (Wildman–Crippen MR) is 111 cm³/mol. The number of ether oxygens (including phenoxy) is 1. The molecule has 0 aromatic heterocycles. The highest BCUT2D eigenvalue weighted by molar-refractivity contribution is 5.95. The van der Waals surface area contributed by atoms with Crippen molar-refractivity contribution in [3.63, 3.8) is 0 Å². The summed E-state index contributed by atoms with van der Waals surface area (Å²) in [6.07, 6.45) is 1.60. The summed E-state index contributed by atoms with van der Waals surface area (Å²) in [5.74, 6) is 0.0962. The fourth-order valence-electron chi connectivity index (χ4n) is 4.24. The Labute approximate surface area is 170 Å². The number of piperazine rings is 1. The number of hydrogen-bond donors (Lipinski definition) is 1. The first kappa shape index (κ1) is 18.2. The molecule has 1 unspecified atom stereocenters. The highest BCUT2D eigenvalue weighted by Crippen LogP contribution is 2.29. The van der Waals surface area contributed by atoms with Crippen molar-refractivity contribution in [2.45, 2.75) is 18.9 Å². The number of nitrogens with zero attached hydrogens (tertiary/aromatic N) is 2. The van der Waals surface area contributed by atoms with Crippen molar-refractivity contribution in [3.05, 3.63) is 53.6 Å². The van der Waals surface area contributed by atoms with Gasteiger partial charge in [0.1, 0.15) is 6.10 Å². The molecule has 1 N–H and O–H groups in total. The van der Waals surface area contributed by atoms with Gasteiger partial charge in [-0.1, -0.05) is 18.2 Å². The van der Waals surface area contributed by atoms with Gasteiger partial charge in [-0.3, -0.25) is 9.59 Å². The minimum atomic E-state index is -0.264. The van der Waals surface area contributed by atoms with Crippen molar-refractivity contribution in [1.82, 2.24) is 9.80 Å². The first-order valence-electron chi connectivity index (χ1n) is 10.4. The van der Waals surface area contributed by atoms with E-state index < -0.39 is 0 Å². The van der Waals surface area contributed by atoms with E-state index in [9.17, 15) is 9.59 Å². The molecule has 29 heavy (non-hydrogen) atoms. The van der Waals surface area contributed by atoms with E-state index in [2.05, 4.69) is 23.5 Å². The number of carbonyl (C=O) groups is 2. The lowest BCUT2D eigenvalue weighted by molar-refractivity contribution is -0.157. The molecule has 3 heterocycles. The monoisotopic (exact) mass is 391 g/mol.